The lowest BCUT2D eigenvalue weighted by Gasteiger charge is -2.33. The molecule has 1 aromatic heterocycles. The number of aromatic amines is 1. The van der Waals surface area contributed by atoms with Crippen LogP contribution in [0.3, 0.4) is 0 Å². The highest BCUT2D eigenvalue weighted by Crippen LogP contribution is 2.44. The maximum atomic E-state index is 9.86. The number of H-pyrrole nitrogens is 1. The Morgan fingerprint density at radius 1 is 1.16 bits per heavy atom. The second-order valence-electron chi connectivity index (χ2n) is 9.41. The Hall–Kier alpha value is -2.15. The van der Waals surface area contributed by atoms with Crippen molar-refractivity contribution in [3.8, 4) is 5.75 Å². The van der Waals surface area contributed by atoms with E-state index in [2.05, 4.69) is 47.1 Å². The Morgan fingerprint density at radius 3 is 2.90 bits per heavy atom. The fourth-order valence-electron chi connectivity index (χ4n) is 5.85. The molecule has 3 aliphatic rings. The largest absolute Gasteiger partial charge is 0.508 e. The van der Waals surface area contributed by atoms with Gasteiger partial charge in [-0.3, -0.25) is 5.43 Å². The number of rotatable bonds is 5. The number of nitrogens with zero attached hydrogens (tertiary/aromatic N) is 1. The number of phenols is 1. The second-order valence-corrected chi connectivity index (χ2v) is 9.41. The van der Waals surface area contributed by atoms with Gasteiger partial charge in [0.2, 0.25) is 0 Å². The van der Waals surface area contributed by atoms with Crippen molar-refractivity contribution in [1.29, 1.82) is 0 Å². The molecule has 1 aliphatic carbocycles. The van der Waals surface area contributed by atoms with Crippen LogP contribution in [0, 0.1) is 5.92 Å². The molecule has 31 heavy (non-hydrogen) atoms. The molecule has 0 radical (unpaired) electrons. The highest BCUT2D eigenvalue weighted by molar-refractivity contribution is 5.63. The van der Waals surface area contributed by atoms with Crippen molar-refractivity contribution in [2.24, 2.45) is 5.92 Å². The standard InChI is InChI=1S/C25H35N5O/c1-3-15-12-19(31)6-8-20(15)16-5-7-21-22(13-16)29-30-24(21)25-27-14-23(28-25)17-9-10-26-18(4-2)11-17/h6,8-9,12,14,16,18,21-22,24,26,29-31H,3-5,7,10-11,13H2,1-2H3,(H,27,28). The van der Waals surface area contributed by atoms with Gasteiger partial charge in [-0.25, -0.2) is 10.4 Å². The first kappa shape index (κ1) is 20.7. The predicted octanol–water partition coefficient (Wildman–Crippen LogP) is 3.93. The van der Waals surface area contributed by atoms with E-state index < -0.39 is 0 Å². The number of imidazole rings is 1. The van der Waals surface area contributed by atoms with Crippen molar-refractivity contribution in [1.82, 2.24) is 26.1 Å². The third kappa shape index (κ3) is 4.04. The summed E-state index contributed by atoms with van der Waals surface area (Å²) in [5, 5.41) is 13.4. The normalized spacial score (nSPS) is 30.8. The molecule has 0 bridgehead atoms. The molecule has 2 aliphatic heterocycles. The quantitative estimate of drug-likeness (QED) is 0.505. The first-order valence-electron chi connectivity index (χ1n) is 12.0. The molecule has 5 atom stereocenters. The summed E-state index contributed by atoms with van der Waals surface area (Å²) in [6.45, 7) is 5.35. The second kappa shape index (κ2) is 8.77. The molecule has 2 aromatic rings. The van der Waals surface area contributed by atoms with E-state index in [1.165, 1.54) is 35.2 Å². The third-order valence-corrected chi connectivity index (χ3v) is 7.65. The first-order valence-corrected chi connectivity index (χ1v) is 12.0. The Labute approximate surface area is 184 Å². The number of fused-ring (bicyclic) bond motifs is 1. The van der Waals surface area contributed by atoms with Gasteiger partial charge in [0.1, 0.15) is 11.6 Å². The summed E-state index contributed by atoms with van der Waals surface area (Å²) < 4.78 is 0. The van der Waals surface area contributed by atoms with Gasteiger partial charge in [-0.05, 0) is 79.2 Å². The summed E-state index contributed by atoms with van der Waals surface area (Å²) in [6.07, 6.45) is 11.0. The van der Waals surface area contributed by atoms with Crippen molar-refractivity contribution in [3.05, 3.63) is 53.1 Å². The Kier molecular flexibility index (Phi) is 5.87. The Balaban J connectivity index is 1.28. The highest BCUT2D eigenvalue weighted by atomic mass is 16.3. The molecule has 3 heterocycles. The zero-order valence-corrected chi connectivity index (χ0v) is 18.6. The average molecular weight is 422 g/mol. The molecule has 6 nitrogen and oxygen atoms in total. The lowest BCUT2D eigenvalue weighted by Crippen LogP contribution is -2.35. The van der Waals surface area contributed by atoms with Crippen molar-refractivity contribution in [2.75, 3.05) is 6.54 Å². The summed E-state index contributed by atoms with van der Waals surface area (Å²) in [6, 6.07) is 7.15. The lowest BCUT2D eigenvalue weighted by atomic mass is 9.73. The summed E-state index contributed by atoms with van der Waals surface area (Å²) in [7, 11) is 0. The number of nitrogens with one attached hydrogen (secondary N) is 4. The molecule has 1 saturated carbocycles. The summed E-state index contributed by atoms with van der Waals surface area (Å²) in [4.78, 5) is 8.41. The smallest absolute Gasteiger partial charge is 0.125 e. The minimum absolute atomic E-state index is 0.231. The van der Waals surface area contributed by atoms with Crippen LogP contribution in [0.15, 0.2) is 30.5 Å². The number of phenolic OH excluding ortho intramolecular Hbond substituents is 1. The van der Waals surface area contributed by atoms with E-state index in [1.807, 2.05) is 18.3 Å². The van der Waals surface area contributed by atoms with E-state index >= 15 is 0 Å². The molecule has 2 fully saturated rings. The average Bonchev–Trinajstić information content (AvgIpc) is 3.45. The van der Waals surface area contributed by atoms with E-state index in [9.17, 15) is 5.11 Å². The molecule has 5 N–H and O–H groups in total. The van der Waals surface area contributed by atoms with Gasteiger partial charge < -0.3 is 15.4 Å². The van der Waals surface area contributed by atoms with Crippen LogP contribution in [-0.4, -0.2) is 33.7 Å². The zero-order valence-electron chi connectivity index (χ0n) is 18.6. The third-order valence-electron chi connectivity index (χ3n) is 7.65. The fourth-order valence-corrected chi connectivity index (χ4v) is 5.85. The molecule has 166 valence electrons. The molecule has 5 rings (SSSR count). The van der Waals surface area contributed by atoms with Crippen molar-refractivity contribution < 1.29 is 5.11 Å². The summed E-state index contributed by atoms with van der Waals surface area (Å²) >= 11 is 0. The van der Waals surface area contributed by atoms with Gasteiger partial charge in [0.25, 0.3) is 0 Å². The van der Waals surface area contributed by atoms with E-state index in [1.54, 1.807) is 0 Å². The van der Waals surface area contributed by atoms with E-state index in [4.69, 9.17) is 4.98 Å². The fraction of sp³-hybridized carbons (Fsp3) is 0.560. The van der Waals surface area contributed by atoms with Crippen molar-refractivity contribution in [3.63, 3.8) is 0 Å². The molecule has 1 aromatic carbocycles. The molecule has 1 saturated heterocycles. The van der Waals surface area contributed by atoms with Gasteiger partial charge in [0.15, 0.2) is 0 Å². The van der Waals surface area contributed by atoms with Crippen LogP contribution in [0.4, 0.5) is 0 Å². The van der Waals surface area contributed by atoms with Gasteiger partial charge >= 0.3 is 0 Å². The summed E-state index contributed by atoms with van der Waals surface area (Å²) in [5.74, 6) is 2.52. The molecule has 0 spiro atoms. The van der Waals surface area contributed by atoms with E-state index in [0.717, 1.165) is 38.1 Å². The number of benzene rings is 1. The Morgan fingerprint density at radius 2 is 2.06 bits per heavy atom. The number of hydrogen-bond acceptors (Lipinski definition) is 5. The van der Waals surface area contributed by atoms with Gasteiger partial charge in [-0.2, -0.15) is 0 Å². The molecular weight excluding hydrogens is 386 g/mol. The molecule has 0 amide bonds. The van der Waals surface area contributed by atoms with Crippen LogP contribution in [0.1, 0.15) is 80.6 Å². The van der Waals surface area contributed by atoms with Crippen LogP contribution in [0.5, 0.6) is 5.75 Å². The minimum atomic E-state index is 0.231. The van der Waals surface area contributed by atoms with Crippen LogP contribution in [-0.2, 0) is 6.42 Å². The van der Waals surface area contributed by atoms with Crippen molar-refractivity contribution in [2.45, 2.75) is 76.4 Å². The first-order chi connectivity index (χ1) is 15.2. The van der Waals surface area contributed by atoms with E-state index in [0.29, 0.717) is 29.7 Å². The predicted molar refractivity (Wildman–Crippen MR) is 124 cm³/mol. The van der Waals surface area contributed by atoms with Gasteiger partial charge in [0.05, 0.1) is 17.9 Å². The van der Waals surface area contributed by atoms with Crippen LogP contribution in [0.25, 0.3) is 5.57 Å². The Bertz CT molecular complexity index is 951. The number of aryl methyl sites for hydroxylation is 1. The number of aromatic nitrogens is 2. The SMILES string of the molecule is CCc1cc(O)ccc1C1CCC2C(C1)NNC2c1ncc(C2=CCNC(CC)C2)[nH]1. The van der Waals surface area contributed by atoms with E-state index in [-0.39, 0.29) is 6.04 Å². The maximum Gasteiger partial charge on any atom is 0.125 e. The molecular formula is C25H35N5O. The topological polar surface area (TPSA) is 85.0 Å². The molecule has 6 heteroatoms. The van der Waals surface area contributed by atoms with Crippen molar-refractivity contribution >= 4 is 5.57 Å². The van der Waals surface area contributed by atoms with Crippen LogP contribution >= 0.6 is 0 Å². The lowest BCUT2D eigenvalue weighted by molar-refractivity contribution is 0.276. The van der Waals surface area contributed by atoms with Crippen LogP contribution in [0.2, 0.25) is 0 Å². The van der Waals surface area contributed by atoms with Gasteiger partial charge in [-0.15, -0.1) is 0 Å². The number of hydrogen-bond donors (Lipinski definition) is 5. The van der Waals surface area contributed by atoms with Gasteiger partial charge in [0, 0.05) is 18.6 Å². The van der Waals surface area contributed by atoms with Gasteiger partial charge in [-0.1, -0.05) is 26.0 Å². The minimum Gasteiger partial charge on any atom is -0.508 e. The number of aromatic hydroxyl groups is 1. The highest BCUT2D eigenvalue weighted by Gasteiger charge is 2.42. The summed E-state index contributed by atoms with van der Waals surface area (Å²) in [5.41, 5.74) is 12.4. The monoisotopic (exact) mass is 421 g/mol. The zero-order chi connectivity index (χ0) is 21.4. The maximum absolute atomic E-state index is 9.86. The molecule has 5 unspecified atom stereocenters. The number of hydrazine groups is 1. The van der Waals surface area contributed by atoms with Crippen LogP contribution < -0.4 is 16.2 Å².